The van der Waals surface area contributed by atoms with E-state index in [4.69, 9.17) is 9.47 Å². The summed E-state index contributed by atoms with van der Waals surface area (Å²) in [4.78, 5) is 4.62. The molecule has 0 bridgehead atoms. The van der Waals surface area contributed by atoms with Crippen LogP contribution in [-0.4, -0.2) is 39.4 Å². The van der Waals surface area contributed by atoms with Crippen LogP contribution < -0.4 is 15.4 Å². The molecule has 2 N–H and O–H groups in total. The number of benzene rings is 1. The summed E-state index contributed by atoms with van der Waals surface area (Å²) in [5.41, 5.74) is 1.13. The number of rotatable bonds is 10. The van der Waals surface area contributed by atoms with E-state index in [9.17, 15) is 0 Å². The van der Waals surface area contributed by atoms with E-state index in [0.29, 0.717) is 6.54 Å². The Bertz CT molecular complexity index is 487. The smallest absolute Gasteiger partial charge is 0.191 e. The molecular weight excluding hydrogens is 485 g/mol. The van der Waals surface area contributed by atoms with Gasteiger partial charge < -0.3 is 20.1 Å². The summed E-state index contributed by atoms with van der Waals surface area (Å²) in [6.45, 7) is 8.06. The Morgan fingerprint density at radius 3 is 2.62 bits per heavy atom. The largest absolute Gasteiger partial charge is 0.496 e. The molecule has 0 aromatic heterocycles. The molecule has 138 valence electrons. The SMILES string of the molecule is CCNC(=NCc1ccc(OC)c(Br)c1)NCCCCOCC.I. The van der Waals surface area contributed by atoms with Crippen LogP contribution in [0.3, 0.4) is 0 Å². The van der Waals surface area contributed by atoms with Crippen LogP contribution in [0.5, 0.6) is 5.75 Å². The molecule has 0 unspecified atom stereocenters. The number of nitrogens with one attached hydrogen (secondary N) is 2. The molecule has 0 aliphatic carbocycles. The average Bonchev–Trinajstić information content (AvgIpc) is 2.55. The van der Waals surface area contributed by atoms with E-state index in [-0.39, 0.29) is 24.0 Å². The lowest BCUT2D eigenvalue weighted by molar-refractivity contribution is 0.143. The number of ether oxygens (including phenoxy) is 2. The highest BCUT2D eigenvalue weighted by Crippen LogP contribution is 2.25. The number of hydrogen-bond donors (Lipinski definition) is 2. The molecule has 0 heterocycles. The van der Waals surface area contributed by atoms with Crippen molar-refractivity contribution in [2.45, 2.75) is 33.2 Å². The van der Waals surface area contributed by atoms with Gasteiger partial charge in [0.25, 0.3) is 0 Å². The lowest BCUT2D eigenvalue weighted by Crippen LogP contribution is -2.37. The summed E-state index contributed by atoms with van der Waals surface area (Å²) in [6, 6.07) is 6.01. The van der Waals surface area contributed by atoms with E-state index in [0.717, 1.165) is 60.9 Å². The van der Waals surface area contributed by atoms with E-state index in [1.807, 2.05) is 25.1 Å². The van der Waals surface area contributed by atoms with Crippen LogP contribution in [0.4, 0.5) is 0 Å². The topological polar surface area (TPSA) is 54.9 Å². The van der Waals surface area contributed by atoms with Crippen molar-refractivity contribution >= 4 is 45.9 Å². The Morgan fingerprint density at radius 1 is 1.21 bits per heavy atom. The first-order valence-corrected chi connectivity index (χ1v) is 8.92. The van der Waals surface area contributed by atoms with Gasteiger partial charge in [0.15, 0.2) is 5.96 Å². The predicted molar refractivity (Wildman–Crippen MR) is 115 cm³/mol. The monoisotopic (exact) mass is 513 g/mol. The number of unbranched alkanes of at least 4 members (excludes halogenated alkanes) is 1. The van der Waals surface area contributed by atoms with Gasteiger partial charge in [0.1, 0.15) is 5.75 Å². The van der Waals surface area contributed by atoms with Crippen LogP contribution in [0.25, 0.3) is 0 Å². The van der Waals surface area contributed by atoms with Crippen LogP contribution >= 0.6 is 39.9 Å². The highest BCUT2D eigenvalue weighted by atomic mass is 127. The van der Waals surface area contributed by atoms with E-state index >= 15 is 0 Å². The van der Waals surface area contributed by atoms with Gasteiger partial charge in [-0.3, -0.25) is 0 Å². The van der Waals surface area contributed by atoms with Gasteiger partial charge in [-0.2, -0.15) is 0 Å². The highest BCUT2D eigenvalue weighted by Gasteiger charge is 2.02. The number of guanidine groups is 1. The summed E-state index contributed by atoms with van der Waals surface area (Å²) < 4.78 is 11.5. The van der Waals surface area contributed by atoms with E-state index in [1.54, 1.807) is 7.11 Å². The van der Waals surface area contributed by atoms with Crippen LogP contribution in [0, 0.1) is 0 Å². The molecule has 24 heavy (non-hydrogen) atoms. The first-order valence-electron chi connectivity index (χ1n) is 8.13. The van der Waals surface area contributed by atoms with Gasteiger partial charge in [0, 0.05) is 26.3 Å². The Labute approximate surface area is 171 Å². The Hall–Kier alpha value is -0.540. The fourth-order valence-electron chi connectivity index (χ4n) is 2.00. The Kier molecular flexibility index (Phi) is 14.4. The van der Waals surface area contributed by atoms with Crippen molar-refractivity contribution in [1.82, 2.24) is 10.6 Å². The number of aliphatic imine (C=N–C) groups is 1. The van der Waals surface area contributed by atoms with Crippen molar-refractivity contribution in [1.29, 1.82) is 0 Å². The van der Waals surface area contributed by atoms with Crippen molar-refractivity contribution in [2.75, 3.05) is 33.4 Å². The molecule has 0 saturated carbocycles. The molecule has 0 saturated heterocycles. The predicted octanol–water partition coefficient (Wildman–Crippen LogP) is 3.95. The zero-order chi connectivity index (χ0) is 16.9. The van der Waals surface area contributed by atoms with Crippen LogP contribution in [0.1, 0.15) is 32.3 Å². The minimum absolute atomic E-state index is 0. The molecule has 7 heteroatoms. The number of nitrogens with zero attached hydrogens (tertiary/aromatic N) is 1. The first-order chi connectivity index (χ1) is 11.2. The summed E-state index contributed by atoms with van der Waals surface area (Å²) in [6.07, 6.45) is 2.13. The quantitative estimate of drug-likeness (QED) is 0.215. The minimum Gasteiger partial charge on any atom is -0.496 e. The molecule has 0 atom stereocenters. The maximum absolute atomic E-state index is 5.34. The summed E-state index contributed by atoms with van der Waals surface area (Å²) >= 11 is 3.50. The minimum atomic E-state index is 0. The first kappa shape index (κ1) is 23.5. The molecule has 0 radical (unpaired) electrons. The van der Waals surface area contributed by atoms with Crippen molar-refractivity contribution < 1.29 is 9.47 Å². The zero-order valence-electron chi connectivity index (χ0n) is 14.7. The summed E-state index contributed by atoms with van der Waals surface area (Å²) in [7, 11) is 1.66. The second-order valence-electron chi connectivity index (χ2n) is 4.99. The van der Waals surface area contributed by atoms with E-state index in [1.165, 1.54) is 0 Å². The normalized spacial score (nSPS) is 10.9. The third kappa shape index (κ3) is 9.68. The van der Waals surface area contributed by atoms with Crippen LogP contribution in [0.2, 0.25) is 0 Å². The fourth-order valence-corrected chi connectivity index (χ4v) is 2.59. The maximum Gasteiger partial charge on any atom is 0.191 e. The highest BCUT2D eigenvalue weighted by molar-refractivity contribution is 14.0. The molecule has 5 nitrogen and oxygen atoms in total. The van der Waals surface area contributed by atoms with Crippen molar-refractivity contribution in [3.05, 3.63) is 28.2 Å². The molecular formula is C17H29BrIN3O2. The molecule has 0 spiro atoms. The molecule has 1 rings (SSSR count). The molecule has 0 fully saturated rings. The second kappa shape index (κ2) is 14.8. The second-order valence-corrected chi connectivity index (χ2v) is 5.85. The number of hydrogen-bond acceptors (Lipinski definition) is 3. The van der Waals surface area contributed by atoms with Crippen LogP contribution in [0.15, 0.2) is 27.7 Å². The van der Waals surface area contributed by atoms with E-state index < -0.39 is 0 Å². The van der Waals surface area contributed by atoms with Gasteiger partial charge >= 0.3 is 0 Å². The van der Waals surface area contributed by atoms with Gasteiger partial charge in [-0.05, 0) is 60.3 Å². The summed E-state index contributed by atoms with van der Waals surface area (Å²) in [5, 5.41) is 6.62. The zero-order valence-corrected chi connectivity index (χ0v) is 18.6. The number of methoxy groups -OCH3 is 1. The Balaban J connectivity index is 0.00000529. The summed E-state index contributed by atoms with van der Waals surface area (Å²) in [5.74, 6) is 1.67. The van der Waals surface area contributed by atoms with Gasteiger partial charge in [0.2, 0.25) is 0 Å². The van der Waals surface area contributed by atoms with E-state index in [2.05, 4.69) is 38.5 Å². The molecule has 0 aliphatic heterocycles. The van der Waals surface area contributed by atoms with Gasteiger partial charge in [-0.15, -0.1) is 24.0 Å². The van der Waals surface area contributed by atoms with Gasteiger partial charge in [0.05, 0.1) is 18.1 Å². The molecule has 0 aliphatic rings. The van der Waals surface area contributed by atoms with Gasteiger partial charge in [-0.25, -0.2) is 4.99 Å². The van der Waals surface area contributed by atoms with Crippen LogP contribution in [-0.2, 0) is 11.3 Å². The lowest BCUT2D eigenvalue weighted by Gasteiger charge is -2.11. The Morgan fingerprint density at radius 2 is 2.00 bits per heavy atom. The maximum atomic E-state index is 5.34. The van der Waals surface area contributed by atoms with Crippen molar-refractivity contribution in [2.24, 2.45) is 4.99 Å². The molecule has 1 aromatic carbocycles. The van der Waals surface area contributed by atoms with Crippen molar-refractivity contribution in [3.8, 4) is 5.75 Å². The lowest BCUT2D eigenvalue weighted by atomic mass is 10.2. The van der Waals surface area contributed by atoms with Gasteiger partial charge in [-0.1, -0.05) is 6.07 Å². The fraction of sp³-hybridized carbons (Fsp3) is 0.588. The molecule has 1 aromatic rings. The molecule has 0 amide bonds. The third-order valence-electron chi connectivity index (χ3n) is 3.19. The number of halogens is 2. The van der Waals surface area contributed by atoms with Crippen molar-refractivity contribution in [3.63, 3.8) is 0 Å². The third-order valence-corrected chi connectivity index (χ3v) is 3.81. The standard InChI is InChI=1S/C17H28BrN3O2.HI/c1-4-19-17(20-10-6-7-11-23-5-2)21-13-14-8-9-16(22-3)15(18)12-14;/h8-9,12H,4-7,10-11,13H2,1-3H3,(H2,19,20,21);1H. The average molecular weight is 514 g/mol.